The molecular weight excluding hydrogens is 347 g/mol. The van der Waals surface area contributed by atoms with Crippen molar-refractivity contribution >= 4 is 46.4 Å². The first-order chi connectivity index (χ1) is 10.6. The largest absolute Gasteiger partial charge is 0.382 e. The molecule has 1 unspecified atom stereocenters. The average Bonchev–Trinajstić information content (AvgIpc) is 2.53. The fourth-order valence-electron chi connectivity index (χ4n) is 2.35. The summed E-state index contributed by atoms with van der Waals surface area (Å²) in [6, 6.07) is 5.48. The van der Waals surface area contributed by atoms with Crippen LogP contribution < -0.4 is 10.6 Å². The highest BCUT2D eigenvalue weighted by molar-refractivity contribution is 6.42. The summed E-state index contributed by atoms with van der Waals surface area (Å²) in [5, 5.41) is 1.38. The molecule has 1 aromatic carbocycles. The number of benzene rings is 1. The summed E-state index contributed by atoms with van der Waals surface area (Å²) in [6.07, 6.45) is 1.26. The molecule has 0 spiro atoms. The summed E-state index contributed by atoms with van der Waals surface area (Å²) >= 11 is 18.2. The Balaban J connectivity index is 1.85. The van der Waals surface area contributed by atoms with E-state index in [1.807, 2.05) is 17.0 Å². The molecule has 2 heterocycles. The topological polar surface area (TPSA) is 64.3 Å². The zero-order chi connectivity index (χ0) is 15.7. The molecule has 0 amide bonds. The first-order valence-electron chi connectivity index (χ1n) is 6.63. The molecule has 116 valence electrons. The van der Waals surface area contributed by atoms with Crippen LogP contribution in [0.15, 0.2) is 24.5 Å². The average molecular weight is 360 g/mol. The van der Waals surface area contributed by atoms with Crippen LogP contribution in [-0.4, -0.2) is 29.7 Å². The fourth-order valence-corrected chi connectivity index (χ4v) is 2.87. The second kappa shape index (κ2) is 6.46. The minimum Gasteiger partial charge on any atom is -0.382 e. The maximum absolute atomic E-state index is 6.20. The van der Waals surface area contributed by atoms with E-state index in [0.29, 0.717) is 40.6 Å². The predicted molar refractivity (Wildman–Crippen MR) is 88.8 cm³/mol. The molecular formula is C14H13Cl3N4O. The predicted octanol–water partition coefficient (Wildman–Crippen LogP) is 3.60. The lowest BCUT2D eigenvalue weighted by molar-refractivity contribution is 0.0395. The van der Waals surface area contributed by atoms with E-state index in [4.69, 9.17) is 45.3 Å². The number of hydrogen-bond donors (Lipinski definition) is 1. The van der Waals surface area contributed by atoms with Gasteiger partial charge in [0.25, 0.3) is 0 Å². The maximum Gasteiger partial charge on any atom is 0.153 e. The maximum atomic E-state index is 6.20. The van der Waals surface area contributed by atoms with Crippen molar-refractivity contribution in [3.63, 3.8) is 0 Å². The number of ether oxygens (including phenoxy) is 1. The first-order valence-corrected chi connectivity index (χ1v) is 7.77. The van der Waals surface area contributed by atoms with Gasteiger partial charge in [-0.15, -0.1) is 0 Å². The van der Waals surface area contributed by atoms with Gasteiger partial charge in [0.2, 0.25) is 0 Å². The molecule has 1 aromatic heterocycles. The SMILES string of the molecule is Nc1ncnc(N2CCOC(c3ccc(Cl)c(Cl)c3)C2)c1Cl. The third-order valence-corrected chi connectivity index (χ3v) is 4.58. The summed E-state index contributed by atoms with van der Waals surface area (Å²) in [6.45, 7) is 1.81. The van der Waals surface area contributed by atoms with Gasteiger partial charge in [0, 0.05) is 13.1 Å². The second-order valence-electron chi connectivity index (χ2n) is 4.88. The lowest BCUT2D eigenvalue weighted by atomic mass is 10.1. The first kappa shape index (κ1) is 15.6. The Kier molecular flexibility index (Phi) is 4.59. The van der Waals surface area contributed by atoms with Crippen LogP contribution in [0.3, 0.4) is 0 Å². The van der Waals surface area contributed by atoms with E-state index in [1.165, 1.54) is 6.33 Å². The molecule has 22 heavy (non-hydrogen) atoms. The van der Waals surface area contributed by atoms with Gasteiger partial charge in [0.05, 0.1) is 16.7 Å². The molecule has 1 aliphatic heterocycles. The van der Waals surface area contributed by atoms with Crippen molar-refractivity contribution in [3.05, 3.63) is 45.2 Å². The van der Waals surface area contributed by atoms with Gasteiger partial charge in [-0.05, 0) is 17.7 Å². The smallest absolute Gasteiger partial charge is 0.153 e. The molecule has 0 radical (unpaired) electrons. The van der Waals surface area contributed by atoms with E-state index in [9.17, 15) is 0 Å². The number of nitrogen functional groups attached to an aromatic ring is 1. The molecule has 2 aromatic rings. The van der Waals surface area contributed by atoms with Crippen LogP contribution in [0.2, 0.25) is 15.1 Å². The van der Waals surface area contributed by atoms with Crippen molar-refractivity contribution < 1.29 is 4.74 Å². The standard InChI is InChI=1S/C14H13Cl3N4O/c15-9-2-1-8(5-10(9)16)11-6-21(3-4-22-11)14-12(17)13(18)19-7-20-14/h1-2,5,7,11H,3-4,6H2,(H2,18,19,20). The highest BCUT2D eigenvalue weighted by atomic mass is 35.5. The third-order valence-electron chi connectivity index (χ3n) is 3.48. The van der Waals surface area contributed by atoms with Gasteiger partial charge in [0.15, 0.2) is 5.82 Å². The monoisotopic (exact) mass is 358 g/mol. The van der Waals surface area contributed by atoms with Gasteiger partial charge in [-0.1, -0.05) is 40.9 Å². The molecule has 0 aliphatic carbocycles. The Morgan fingerprint density at radius 3 is 2.77 bits per heavy atom. The van der Waals surface area contributed by atoms with Crippen LogP contribution in [0.25, 0.3) is 0 Å². The van der Waals surface area contributed by atoms with Crippen molar-refractivity contribution in [3.8, 4) is 0 Å². The fraction of sp³-hybridized carbons (Fsp3) is 0.286. The van der Waals surface area contributed by atoms with Gasteiger partial charge in [-0.3, -0.25) is 0 Å². The van der Waals surface area contributed by atoms with Gasteiger partial charge >= 0.3 is 0 Å². The van der Waals surface area contributed by atoms with Crippen molar-refractivity contribution in [2.24, 2.45) is 0 Å². The van der Waals surface area contributed by atoms with Gasteiger partial charge in [-0.2, -0.15) is 0 Å². The van der Waals surface area contributed by atoms with E-state index >= 15 is 0 Å². The summed E-state index contributed by atoms with van der Waals surface area (Å²) in [5.41, 5.74) is 6.69. The van der Waals surface area contributed by atoms with E-state index in [2.05, 4.69) is 9.97 Å². The van der Waals surface area contributed by atoms with Crippen molar-refractivity contribution in [2.75, 3.05) is 30.3 Å². The van der Waals surface area contributed by atoms with Crippen molar-refractivity contribution in [2.45, 2.75) is 6.10 Å². The number of nitrogens with zero attached hydrogens (tertiary/aromatic N) is 3. The molecule has 2 N–H and O–H groups in total. The number of hydrogen-bond acceptors (Lipinski definition) is 5. The van der Waals surface area contributed by atoms with Crippen LogP contribution in [0.4, 0.5) is 11.6 Å². The number of morpholine rings is 1. The number of anilines is 2. The second-order valence-corrected chi connectivity index (χ2v) is 6.07. The van der Waals surface area contributed by atoms with Crippen LogP contribution in [0, 0.1) is 0 Å². The molecule has 1 saturated heterocycles. The Hall–Kier alpha value is -1.27. The van der Waals surface area contributed by atoms with E-state index in [0.717, 1.165) is 5.56 Å². The Labute approximate surface area is 143 Å². The lowest BCUT2D eigenvalue weighted by Crippen LogP contribution is -2.39. The minimum absolute atomic E-state index is 0.143. The number of nitrogens with two attached hydrogens (primary N) is 1. The molecule has 1 aliphatic rings. The molecule has 1 atom stereocenters. The Morgan fingerprint density at radius 1 is 1.18 bits per heavy atom. The zero-order valence-electron chi connectivity index (χ0n) is 11.5. The summed E-state index contributed by atoms with van der Waals surface area (Å²) in [4.78, 5) is 10.1. The molecule has 0 saturated carbocycles. The lowest BCUT2D eigenvalue weighted by Gasteiger charge is -2.34. The Morgan fingerprint density at radius 2 is 2.00 bits per heavy atom. The quantitative estimate of drug-likeness (QED) is 0.887. The van der Waals surface area contributed by atoms with Crippen molar-refractivity contribution in [1.29, 1.82) is 0 Å². The van der Waals surface area contributed by atoms with Crippen LogP contribution in [-0.2, 0) is 4.74 Å². The van der Waals surface area contributed by atoms with E-state index in [-0.39, 0.29) is 11.9 Å². The summed E-state index contributed by atoms with van der Waals surface area (Å²) in [7, 11) is 0. The highest BCUT2D eigenvalue weighted by Crippen LogP contribution is 2.33. The summed E-state index contributed by atoms with van der Waals surface area (Å²) < 4.78 is 5.82. The van der Waals surface area contributed by atoms with Gasteiger partial charge in [-0.25, -0.2) is 9.97 Å². The molecule has 5 nitrogen and oxygen atoms in total. The zero-order valence-corrected chi connectivity index (χ0v) is 13.7. The Bertz CT molecular complexity index is 698. The molecule has 1 fully saturated rings. The summed E-state index contributed by atoms with van der Waals surface area (Å²) in [5.74, 6) is 0.881. The van der Waals surface area contributed by atoms with E-state index in [1.54, 1.807) is 6.07 Å². The number of halogens is 3. The molecule has 3 rings (SSSR count). The normalized spacial score (nSPS) is 18.5. The third kappa shape index (κ3) is 3.08. The highest BCUT2D eigenvalue weighted by Gasteiger charge is 2.25. The number of rotatable bonds is 2. The van der Waals surface area contributed by atoms with Gasteiger partial charge < -0.3 is 15.4 Å². The van der Waals surface area contributed by atoms with Gasteiger partial charge in [0.1, 0.15) is 23.3 Å². The van der Waals surface area contributed by atoms with Crippen LogP contribution in [0.5, 0.6) is 0 Å². The molecule has 0 bridgehead atoms. The molecule has 8 heteroatoms. The minimum atomic E-state index is -0.143. The van der Waals surface area contributed by atoms with Crippen LogP contribution >= 0.6 is 34.8 Å². The van der Waals surface area contributed by atoms with Crippen molar-refractivity contribution in [1.82, 2.24) is 9.97 Å². The van der Waals surface area contributed by atoms with Crippen LogP contribution in [0.1, 0.15) is 11.7 Å². The van der Waals surface area contributed by atoms with E-state index < -0.39 is 0 Å². The number of aromatic nitrogens is 2.